The topological polar surface area (TPSA) is 37.6 Å². The van der Waals surface area contributed by atoms with Gasteiger partial charge in [0.15, 0.2) is 0 Å². The third kappa shape index (κ3) is 2.32. The van der Waals surface area contributed by atoms with E-state index >= 15 is 0 Å². The molecule has 0 bridgehead atoms. The predicted molar refractivity (Wildman–Crippen MR) is 84.8 cm³/mol. The van der Waals surface area contributed by atoms with Crippen LogP contribution >= 0.6 is 34.9 Å². The average molecular weight is 307 g/mol. The van der Waals surface area contributed by atoms with Gasteiger partial charge in [-0.15, -0.1) is 23.1 Å². The van der Waals surface area contributed by atoms with Crippen molar-refractivity contribution in [3.8, 4) is 10.6 Å². The van der Waals surface area contributed by atoms with Crippen molar-refractivity contribution < 1.29 is 0 Å². The Morgan fingerprint density at radius 3 is 2.68 bits per heavy atom. The Kier molecular flexibility index (Phi) is 3.64. The molecule has 0 saturated heterocycles. The van der Waals surface area contributed by atoms with Crippen LogP contribution in [-0.2, 0) is 4.20 Å². The minimum atomic E-state index is -0.283. The molecule has 0 spiro atoms. The van der Waals surface area contributed by atoms with Crippen LogP contribution in [0.5, 0.6) is 0 Å². The van der Waals surface area contributed by atoms with Crippen LogP contribution in [0.25, 0.3) is 10.6 Å². The summed E-state index contributed by atoms with van der Waals surface area (Å²) in [5.74, 6) is 0.735. The first-order chi connectivity index (χ1) is 9.25. The van der Waals surface area contributed by atoms with Gasteiger partial charge >= 0.3 is 0 Å². The van der Waals surface area contributed by atoms with Crippen molar-refractivity contribution in [2.75, 3.05) is 12.1 Å². The largest absolute Gasteiger partial charge is 0.241 e. The summed E-state index contributed by atoms with van der Waals surface area (Å²) < 4.78 is -0.283. The van der Waals surface area contributed by atoms with Crippen molar-refractivity contribution in [3.05, 3.63) is 40.9 Å². The molecule has 1 atom stereocenters. The first kappa shape index (κ1) is 13.1. The minimum Gasteiger partial charge on any atom is -0.241 e. The highest BCUT2D eigenvalue weighted by molar-refractivity contribution is 8.17. The predicted octanol–water partition coefficient (Wildman–Crippen LogP) is 4.75. The number of aromatic nitrogens is 1. The third-order valence-electron chi connectivity index (χ3n) is 2.90. The molecule has 1 aromatic heterocycles. The Bertz CT molecular complexity index is 609. The number of aryl methyl sites for hydroxylation is 1. The average Bonchev–Trinajstić information content (AvgIpc) is 3.07. The van der Waals surface area contributed by atoms with E-state index in [0.29, 0.717) is 0 Å². The van der Waals surface area contributed by atoms with E-state index < -0.39 is 0 Å². The van der Waals surface area contributed by atoms with Crippen molar-refractivity contribution in [1.82, 2.24) is 4.98 Å². The molecule has 0 N–H and O–H groups in total. The summed E-state index contributed by atoms with van der Waals surface area (Å²) in [4.78, 5) is 5.92. The molecule has 2 aromatic rings. The first-order valence-corrected chi connectivity index (χ1v) is 8.89. The number of thioether (sulfide) groups is 2. The van der Waals surface area contributed by atoms with E-state index in [9.17, 15) is 0 Å². The SMILES string of the molecule is CSC1(c2sc(-c3ccccc3)nc2C)N=NCS1. The van der Waals surface area contributed by atoms with Gasteiger partial charge in [-0.2, -0.15) is 10.2 Å². The number of hydrogen-bond acceptors (Lipinski definition) is 6. The molecule has 0 amide bonds. The number of benzene rings is 1. The number of thiazole rings is 1. The zero-order chi connectivity index (χ0) is 13.3. The van der Waals surface area contributed by atoms with Crippen molar-refractivity contribution in [2.24, 2.45) is 10.2 Å². The van der Waals surface area contributed by atoms with E-state index in [4.69, 9.17) is 4.98 Å². The lowest BCUT2D eigenvalue weighted by Gasteiger charge is -2.19. The van der Waals surface area contributed by atoms with Crippen LogP contribution in [0.1, 0.15) is 10.6 Å². The molecule has 0 aliphatic carbocycles. The maximum atomic E-state index is 4.71. The Morgan fingerprint density at radius 2 is 2.05 bits per heavy atom. The molecule has 2 heterocycles. The normalized spacial score (nSPS) is 22.0. The molecular weight excluding hydrogens is 294 g/mol. The van der Waals surface area contributed by atoms with Gasteiger partial charge in [0.2, 0.25) is 4.20 Å². The fourth-order valence-electron chi connectivity index (χ4n) is 1.96. The van der Waals surface area contributed by atoms with E-state index in [2.05, 4.69) is 35.5 Å². The fourth-order valence-corrected chi connectivity index (χ4v) is 5.42. The van der Waals surface area contributed by atoms with Gasteiger partial charge in [0.1, 0.15) is 10.9 Å². The maximum Gasteiger partial charge on any atom is 0.210 e. The minimum absolute atomic E-state index is 0.283. The lowest BCUT2D eigenvalue weighted by atomic mass is 10.2. The molecule has 6 heteroatoms. The Hall–Kier alpha value is -0.850. The van der Waals surface area contributed by atoms with Crippen LogP contribution in [0.15, 0.2) is 40.6 Å². The first-order valence-electron chi connectivity index (χ1n) is 5.86. The van der Waals surface area contributed by atoms with E-state index in [1.165, 1.54) is 4.88 Å². The van der Waals surface area contributed by atoms with Crippen molar-refractivity contribution >= 4 is 34.9 Å². The number of hydrogen-bond donors (Lipinski definition) is 0. The van der Waals surface area contributed by atoms with E-state index in [1.807, 2.05) is 18.2 Å². The van der Waals surface area contributed by atoms with Gasteiger partial charge < -0.3 is 0 Å². The number of rotatable bonds is 3. The summed E-state index contributed by atoms with van der Waals surface area (Å²) in [6.07, 6.45) is 2.08. The Morgan fingerprint density at radius 1 is 1.26 bits per heavy atom. The van der Waals surface area contributed by atoms with Gasteiger partial charge in [-0.25, -0.2) is 4.98 Å². The summed E-state index contributed by atoms with van der Waals surface area (Å²) in [5, 5.41) is 9.66. The van der Waals surface area contributed by atoms with Gasteiger partial charge in [0, 0.05) is 5.56 Å². The highest BCUT2D eigenvalue weighted by Crippen LogP contribution is 2.53. The van der Waals surface area contributed by atoms with Gasteiger partial charge in [-0.3, -0.25) is 0 Å². The molecule has 98 valence electrons. The van der Waals surface area contributed by atoms with E-state index in [-0.39, 0.29) is 4.20 Å². The molecule has 0 saturated carbocycles. The highest BCUT2D eigenvalue weighted by Gasteiger charge is 2.39. The van der Waals surface area contributed by atoms with Gasteiger partial charge in [-0.05, 0) is 13.2 Å². The molecule has 3 nitrogen and oxygen atoms in total. The summed E-state index contributed by atoms with van der Waals surface area (Å²) >= 11 is 5.22. The standard InChI is InChI=1S/C13H13N3S3/c1-9-11(13(17-2)16-14-8-18-13)19-12(15-9)10-6-4-3-5-7-10/h3-7H,8H2,1-2H3. The second-order valence-electron chi connectivity index (χ2n) is 4.10. The highest BCUT2D eigenvalue weighted by atomic mass is 32.2. The second-order valence-corrected chi connectivity index (χ2v) is 7.49. The molecule has 19 heavy (non-hydrogen) atoms. The van der Waals surface area contributed by atoms with Gasteiger partial charge in [0.25, 0.3) is 0 Å². The molecule has 0 radical (unpaired) electrons. The van der Waals surface area contributed by atoms with Crippen LogP contribution in [0.2, 0.25) is 0 Å². The van der Waals surface area contributed by atoms with Crippen molar-refractivity contribution in [3.63, 3.8) is 0 Å². The summed E-state index contributed by atoms with van der Waals surface area (Å²) in [6, 6.07) is 10.3. The maximum absolute atomic E-state index is 4.71. The Labute approximate surface area is 124 Å². The van der Waals surface area contributed by atoms with Crippen LogP contribution in [0.3, 0.4) is 0 Å². The van der Waals surface area contributed by atoms with Crippen LogP contribution < -0.4 is 0 Å². The molecule has 0 fully saturated rings. The zero-order valence-electron chi connectivity index (χ0n) is 10.7. The van der Waals surface area contributed by atoms with Crippen LogP contribution in [0, 0.1) is 6.92 Å². The van der Waals surface area contributed by atoms with Crippen LogP contribution in [-0.4, -0.2) is 17.1 Å². The van der Waals surface area contributed by atoms with E-state index in [0.717, 1.165) is 22.1 Å². The quantitative estimate of drug-likeness (QED) is 0.821. The third-order valence-corrected chi connectivity index (χ3v) is 7.09. The van der Waals surface area contributed by atoms with Crippen molar-refractivity contribution in [1.29, 1.82) is 0 Å². The number of azo groups is 1. The second kappa shape index (κ2) is 5.26. The zero-order valence-corrected chi connectivity index (χ0v) is 13.1. The molecular formula is C13H13N3S3. The van der Waals surface area contributed by atoms with Gasteiger partial charge in [0.05, 0.1) is 10.6 Å². The summed E-state index contributed by atoms with van der Waals surface area (Å²) in [5.41, 5.74) is 2.23. The molecule has 1 aromatic carbocycles. The lowest BCUT2D eigenvalue weighted by Crippen LogP contribution is -2.10. The summed E-state index contributed by atoms with van der Waals surface area (Å²) in [6.45, 7) is 2.06. The smallest absolute Gasteiger partial charge is 0.210 e. The lowest BCUT2D eigenvalue weighted by molar-refractivity contribution is 0.891. The van der Waals surface area contributed by atoms with Crippen LogP contribution in [0.4, 0.5) is 0 Å². The molecule has 1 aliphatic heterocycles. The van der Waals surface area contributed by atoms with Gasteiger partial charge in [-0.1, -0.05) is 42.1 Å². The van der Waals surface area contributed by atoms with E-state index in [1.54, 1.807) is 34.9 Å². The molecule has 1 aliphatic rings. The summed E-state index contributed by atoms with van der Waals surface area (Å²) in [7, 11) is 0. The number of nitrogens with zero attached hydrogens (tertiary/aromatic N) is 3. The molecule has 1 unspecified atom stereocenters. The monoisotopic (exact) mass is 307 g/mol. The fraction of sp³-hybridized carbons (Fsp3) is 0.308. The molecule has 3 rings (SSSR count). The Balaban J connectivity index is 2.05. The van der Waals surface area contributed by atoms with Crippen molar-refractivity contribution in [2.45, 2.75) is 11.1 Å².